The number of hydrogen-bond donors (Lipinski definition) is 3. The fraction of sp³-hybridized carbons (Fsp3) is 0.951. The third-order valence-corrected chi connectivity index (χ3v) is 21.7. The number of aliphatic hydroxyl groups excluding tert-OH is 1. The molecule has 600 valence electrons. The van der Waals surface area contributed by atoms with Crippen LogP contribution in [0, 0.1) is 23.7 Å². The summed E-state index contributed by atoms with van der Waals surface area (Å²) in [5.41, 5.74) is 0. The Morgan fingerprint density at radius 3 is 0.703 bits per heavy atom. The molecule has 0 bridgehead atoms. The average molecular weight is 1480 g/mol. The van der Waals surface area contributed by atoms with Crippen LogP contribution in [-0.2, 0) is 65.4 Å². The van der Waals surface area contributed by atoms with Crippen molar-refractivity contribution in [3.63, 3.8) is 0 Å². The molecule has 0 rings (SSSR count). The van der Waals surface area contributed by atoms with Crippen molar-refractivity contribution in [2.24, 2.45) is 23.7 Å². The van der Waals surface area contributed by atoms with Crippen molar-refractivity contribution >= 4 is 39.5 Å². The third kappa shape index (κ3) is 73.4. The van der Waals surface area contributed by atoms with Crippen LogP contribution in [0.5, 0.6) is 0 Å². The maximum atomic E-state index is 13.1. The third-order valence-electron chi connectivity index (χ3n) is 19.8. The van der Waals surface area contributed by atoms with Crippen LogP contribution >= 0.6 is 15.6 Å². The van der Waals surface area contributed by atoms with E-state index in [4.69, 9.17) is 37.0 Å². The molecule has 0 aliphatic rings. The summed E-state index contributed by atoms with van der Waals surface area (Å²) in [5, 5.41) is 10.6. The molecule has 0 amide bonds. The normalized spacial score (nSPS) is 14.5. The summed E-state index contributed by atoms with van der Waals surface area (Å²) in [7, 11) is -9.92. The van der Waals surface area contributed by atoms with Gasteiger partial charge in [0, 0.05) is 25.7 Å². The van der Waals surface area contributed by atoms with Crippen LogP contribution in [0.3, 0.4) is 0 Å². The van der Waals surface area contributed by atoms with Crippen molar-refractivity contribution in [1.29, 1.82) is 0 Å². The first-order valence-electron chi connectivity index (χ1n) is 42.3. The molecule has 0 saturated carbocycles. The van der Waals surface area contributed by atoms with Crippen molar-refractivity contribution in [2.75, 3.05) is 39.6 Å². The van der Waals surface area contributed by atoms with Gasteiger partial charge in [0.25, 0.3) is 0 Å². The fourth-order valence-electron chi connectivity index (χ4n) is 12.5. The maximum Gasteiger partial charge on any atom is 0.472 e. The van der Waals surface area contributed by atoms with E-state index in [2.05, 4.69) is 55.4 Å². The minimum absolute atomic E-state index is 0.104. The molecule has 0 fully saturated rings. The van der Waals surface area contributed by atoms with E-state index in [-0.39, 0.29) is 25.7 Å². The highest BCUT2D eigenvalue weighted by atomic mass is 31.2. The summed E-state index contributed by atoms with van der Waals surface area (Å²) in [6, 6.07) is 0. The number of carbonyl (C=O) groups excluding carboxylic acids is 4. The highest BCUT2D eigenvalue weighted by Gasteiger charge is 2.30. The molecule has 0 saturated heterocycles. The van der Waals surface area contributed by atoms with E-state index in [1.54, 1.807) is 0 Å². The van der Waals surface area contributed by atoms with Crippen molar-refractivity contribution < 1.29 is 80.2 Å². The lowest BCUT2D eigenvalue weighted by Gasteiger charge is -2.21. The topological polar surface area (TPSA) is 237 Å². The Bertz CT molecular complexity index is 1980. The first-order valence-corrected chi connectivity index (χ1v) is 45.3. The lowest BCUT2D eigenvalue weighted by molar-refractivity contribution is -0.161. The van der Waals surface area contributed by atoms with Crippen LogP contribution in [0.25, 0.3) is 0 Å². The molecule has 0 aliphatic carbocycles. The van der Waals surface area contributed by atoms with Gasteiger partial charge in [-0.25, -0.2) is 9.13 Å². The minimum Gasteiger partial charge on any atom is -0.462 e. The largest absolute Gasteiger partial charge is 0.472 e. The van der Waals surface area contributed by atoms with Crippen molar-refractivity contribution in [1.82, 2.24) is 0 Å². The molecule has 0 aromatic rings. The monoisotopic (exact) mass is 1480 g/mol. The predicted octanol–water partition coefficient (Wildman–Crippen LogP) is 24.4. The highest BCUT2D eigenvalue weighted by Crippen LogP contribution is 2.45. The second kappa shape index (κ2) is 71.0. The molecule has 0 radical (unpaired) electrons. The number of unbranched alkanes of at least 4 members (excludes halogenated alkanes) is 43. The molecule has 3 N–H and O–H groups in total. The van der Waals surface area contributed by atoms with E-state index in [1.807, 2.05) is 0 Å². The van der Waals surface area contributed by atoms with Gasteiger partial charge in [0.2, 0.25) is 0 Å². The van der Waals surface area contributed by atoms with Gasteiger partial charge in [0.1, 0.15) is 19.3 Å². The Morgan fingerprint density at radius 1 is 0.277 bits per heavy atom. The van der Waals surface area contributed by atoms with Gasteiger partial charge >= 0.3 is 39.5 Å². The van der Waals surface area contributed by atoms with Crippen LogP contribution in [0.2, 0.25) is 0 Å². The zero-order chi connectivity index (χ0) is 74.6. The lowest BCUT2D eigenvalue weighted by Crippen LogP contribution is -2.30. The Labute approximate surface area is 619 Å². The molecule has 0 aromatic heterocycles. The molecule has 0 heterocycles. The number of esters is 4. The van der Waals surface area contributed by atoms with E-state index < -0.39 is 97.5 Å². The first-order chi connectivity index (χ1) is 48.7. The van der Waals surface area contributed by atoms with Gasteiger partial charge in [-0.15, -0.1) is 0 Å². The Hall–Kier alpha value is -1.94. The average Bonchev–Trinajstić information content (AvgIpc) is 1.04. The molecule has 0 aliphatic heterocycles. The molecule has 101 heavy (non-hydrogen) atoms. The van der Waals surface area contributed by atoms with Crippen LogP contribution < -0.4 is 0 Å². The number of carbonyl (C=O) groups is 4. The number of hydrogen-bond acceptors (Lipinski definition) is 15. The van der Waals surface area contributed by atoms with Crippen molar-refractivity contribution in [3.05, 3.63) is 0 Å². The SMILES string of the molecule is CCC(C)CCCCCCCCCCCCCCCCC(=O)O[C@H](COC(=O)CCCCCCCCCCCCCCCCCCCCC(C)C)COP(=O)(O)OC[C@@H](O)COP(=O)(O)OC[C@@H](COC(=O)CCCCCCCCC(C)CC)OC(=O)CCCCCCCCCCCC(C)C. The zero-order valence-electron chi connectivity index (χ0n) is 66.5. The highest BCUT2D eigenvalue weighted by molar-refractivity contribution is 7.47. The molecule has 19 heteroatoms. The summed E-state index contributed by atoms with van der Waals surface area (Å²) in [6.07, 6.45) is 58.4. The summed E-state index contributed by atoms with van der Waals surface area (Å²) in [6.45, 7) is 14.3. The van der Waals surface area contributed by atoms with Crippen LogP contribution in [-0.4, -0.2) is 96.7 Å². The number of rotatable bonds is 79. The number of phosphoric ester groups is 2. The Balaban J connectivity index is 5.22. The van der Waals surface area contributed by atoms with Gasteiger partial charge in [-0.2, -0.15) is 0 Å². The molecular formula is C82H160O17P2. The van der Waals surface area contributed by atoms with Crippen molar-refractivity contribution in [2.45, 2.75) is 440 Å². The standard InChI is InChI=1S/C82H160O17P2/c1-9-74(7)60-52-44-36-30-24-20-17-18-22-26-32-38-48-56-64-81(86)98-77(68-92-79(84)62-54-46-37-31-25-21-16-14-12-11-13-15-19-23-28-34-42-50-58-72(3)4)70-96-100(88,89)94-66-76(83)67-95-101(90,91)97-71-78(69-93-80(85)63-55-47-41-40-45-53-61-75(8)10-2)99-82(87)65-57-49-39-33-27-29-35-43-51-59-73(5)6/h72-78,83H,9-71H2,1-8H3,(H,88,89)(H,90,91)/t74?,75?,76-,77-,78-/m1/s1. The molecule has 0 aromatic carbocycles. The van der Waals surface area contributed by atoms with Crippen molar-refractivity contribution in [3.8, 4) is 0 Å². The summed E-state index contributed by atoms with van der Waals surface area (Å²) in [5.74, 6) is 1.02. The molecule has 17 nitrogen and oxygen atoms in total. The summed E-state index contributed by atoms with van der Waals surface area (Å²) >= 11 is 0. The number of phosphoric acid groups is 2. The molecule has 4 unspecified atom stereocenters. The lowest BCUT2D eigenvalue weighted by atomic mass is 9.99. The van der Waals surface area contributed by atoms with Gasteiger partial charge in [-0.3, -0.25) is 37.3 Å². The maximum absolute atomic E-state index is 13.1. The van der Waals surface area contributed by atoms with Gasteiger partial charge in [0.15, 0.2) is 12.2 Å². The molecular weight excluding hydrogens is 1320 g/mol. The first kappa shape index (κ1) is 99.1. The van der Waals surface area contributed by atoms with Gasteiger partial charge < -0.3 is 33.8 Å². The van der Waals surface area contributed by atoms with E-state index in [1.165, 1.54) is 218 Å². The minimum atomic E-state index is -4.96. The van der Waals surface area contributed by atoms with Gasteiger partial charge in [0.05, 0.1) is 26.4 Å². The zero-order valence-corrected chi connectivity index (χ0v) is 68.3. The fourth-order valence-corrected chi connectivity index (χ4v) is 14.1. The number of aliphatic hydroxyl groups is 1. The Kier molecular flexibility index (Phi) is 69.6. The smallest absolute Gasteiger partial charge is 0.462 e. The summed E-state index contributed by atoms with van der Waals surface area (Å²) in [4.78, 5) is 73.0. The predicted molar refractivity (Wildman–Crippen MR) is 414 cm³/mol. The molecule has 7 atom stereocenters. The van der Waals surface area contributed by atoms with Crippen LogP contribution in [0.4, 0.5) is 0 Å². The quantitative estimate of drug-likeness (QED) is 0.0222. The Morgan fingerprint density at radius 2 is 0.475 bits per heavy atom. The second-order valence-corrected chi connectivity index (χ2v) is 33.9. The van der Waals surface area contributed by atoms with Gasteiger partial charge in [-0.05, 0) is 49.4 Å². The van der Waals surface area contributed by atoms with E-state index in [9.17, 15) is 43.2 Å². The van der Waals surface area contributed by atoms with Crippen LogP contribution in [0.1, 0.15) is 421 Å². The van der Waals surface area contributed by atoms with Gasteiger partial charge in [-0.1, -0.05) is 370 Å². The van der Waals surface area contributed by atoms with E-state index >= 15 is 0 Å². The molecule has 0 spiro atoms. The summed E-state index contributed by atoms with van der Waals surface area (Å²) < 4.78 is 68.7. The number of ether oxygens (including phenoxy) is 4. The second-order valence-electron chi connectivity index (χ2n) is 31.0. The van der Waals surface area contributed by atoms with Crippen LogP contribution in [0.15, 0.2) is 0 Å². The van der Waals surface area contributed by atoms with E-state index in [0.29, 0.717) is 25.7 Å². The van der Waals surface area contributed by atoms with E-state index in [0.717, 1.165) is 120 Å².